The first-order chi connectivity index (χ1) is 18.6. The van der Waals surface area contributed by atoms with Crippen LogP contribution in [0.15, 0.2) is 78.6 Å². The zero-order valence-electron chi connectivity index (χ0n) is 21.4. The molecule has 3 aromatic rings. The molecule has 2 heterocycles. The third kappa shape index (κ3) is 6.11. The number of halogens is 1. The highest BCUT2D eigenvalue weighted by Gasteiger charge is 2.30. The number of nitrogens with zero attached hydrogens (tertiary/aromatic N) is 2. The topological polar surface area (TPSA) is 61.9 Å². The second-order valence-electron chi connectivity index (χ2n) is 9.69. The Kier molecular flexibility index (Phi) is 8.14. The van der Waals surface area contributed by atoms with Gasteiger partial charge in [-0.1, -0.05) is 55.3 Å². The second-order valence-corrected chi connectivity index (χ2v) is 9.69. The highest BCUT2D eigenvalue weighted by molar-refractivity contribution is 6.09. The maximum Gasteiger partial charge on any atom is 0.294 e. The van der Waals surface area contributed by atoms with E-state index in [1.54, 1.807) is 60.7 Å². The van der Waals surface area contributed by atoms with E-state index in [-0.39, 0.29) is 29.9 Å². The van der Waals surface area contributed by atoms with Crippen LogP contribution in [0.2, 0.25) is 0 Å². The minimum absolute atomic E-state index is 0.0831. The molecule has 2 aliphatic rings. The van der Waals surface area contributed by atoms with Crippen LogP contribution in [0.4, 0.5) is 10.1 Å². The zero-order chi connectivity index (χ0) is 26.3. The zero-order valence-corrected chi connectivity index (χ0v) is 21.4. The molecule has 196 valence electrons. The fourth-order valence-electron chi connectivity index (χ4n) is 4.89. The first-order valence-corrected chi connectivity index (χ1v) is 13.2. The average molecular weight is 514 g/mol. The van der Waals surface area contributed by atoms with Crippen LogP contribution in [0.5, 0.6) is 5.75 Å². The lowest BCUT2D eigenvalue weighted by Gasteiger charge is -2.30. The predicted molar refractivity (Wildman–Crippen MR) is 146 cm³/mol. The molecule has 0 atom stereocenters. The molecule has 2 aliphatic heterocycles. The van der Waals surface area contributed by atoms with Gasteiger partial charge in [0.2, 0.25) is 0 Å². The van der Waals surface area contributed by atoms with Crippen LogP contribution in [-0.4, -0.2) is 42.9 Å². The minimum atomic E-state index is -0.366. The number of fused-ring (bicyclic) bond motifs is 1. The molecular weight excluding hydrogens is 481 g/mol. The summed E-state index contributed by atoms with van der Waals surface area (Å²) in [7, 11) is 0. The summed E-state index contributed by atoms with van der Waals surface area (Å²) in [4.78, 5) is 30.0. The van der Waals surface area contributed by atoms with Crippen molar-refractivity contribution in [2.75, 3.05) is 31.1 Å². The van der Waals surface area contributed by atoms with Gasteiger partial charge >= 0.3 is 0 Å². The SMILES string of the molecule is O=C(NCCN1CCCCCC1)c1ccc(/C=C2\Oc3ccccc3N(Cc3ccccc3F)C2=O)cc1. The molecule has 0 unspecified atom stereocenters. The quantitative estimate of drug-likeness (QED) is 0.430. The number of likely N-dealkylation sites (tertiary alicyclic amines) is 1. The van der Waals surface area contributed by atoms with Gasteiger partial charge in [0.05, 0.1) is 12.2 Å². The van der Waals surface area contributed by atoms with E-state index in [9.17, 15) is 14.0 Å². The molecule has 0 spiro atoms. The Morgan fingerprint density at radius 3 is 2.39 bits per heavy atom. The van der Waals surface area contributed by atoms with Gasteiger partial charge in [0, 0.05) is 24.2 Å². The van der Waals surface area contributed by atoms with E-state index in [0.717, 1.165) is 25.2 Å². The summed E-state index contributed by atoms with van der Waals surface area (Å²) < 4.78 is 20.3. The molecule has 6 nitrogen and oxygen atoms in total. The normalized spacial score (nSPS) is 17.0. The largest absolute Gasteiger partial charge is 0.449 e. The van der Waals surface area contributed by atoms with Crippen molar-refractivity contribution >= 4 is 23.6 Å². The maximum absolute atomic E-state index is 14.4. The van der Waals surface area contributed by atoms with Gasteiger partial charge in [0.1, 0.15) is 5.82 Å². The number of carbonyl (C=O) groups excluding carboxylic acids is 2. The van der Waals surface area contributed by atoms with Gasteiger partial charge in [0.25, 0.3) is 11.8 Å². The number of hydrogen-bond acceptors (Lipinski definition) is 4. The van der Waals surface area contributed by atoms with Crippen LogP contribution in [0, 0.1) is 5.82 Å². The van der Waals surface area contributed by atoms with E-state index in [0.29, 0.717) is 29.1 Å². The van der Waals surface area contributed by atoms with Crippen LogP contribution >= 0.6 is 0 Å². The molecule has 0 bridgehead atoms. The first kappa shape index (κ1) is 25.7. The third-order valence-electron chi connectivity index (χ3n) is 7.00. The minimum Gasteiger partial charge on any atom is -0.449 e. The Morgan fingerprint density at radius 1 is 0.921 bits per heavy atom. The Labute approximate surface area is 222 Å². The van der Waals surface area contributed by atoms with Crippen LogP contribution < -0.4 is 15.0 Å². The lowest BCUT2D eigenvalue weighted by molar-refractivity contribution is -0.117. The first-order valence-electron chi connectivity index (χ1n) is 13.2. The van der Waals surface area contributed by atoms with Gasteiger partial charge in [-0.05, 0) is 67.9 Å². The Bertz CT molecular complexity index is 1310. The van der Waals surface area contributed by atoms with Crippen molar-refractivity contribution in [1.29, 1.82) is 0 Å². The Morgan fingerprint density at radius 2 is 1.63 bits per heavy atom. The summed E-state index contributed by atoms with van der Waals surface area (Å²) in [6.45, 7) is 3.76. The molecule has 0 aliphatic carbocycles. The summed E-state index contributed by atoms with van der Waals surface area (Å²) in [5.74, 6) is -0.184. The highest BCUT2D eigenvalue weighted by Crippen LogP contribution is 2.36. The van der Waals surface area contributed by atoms with Crippen molar-refractivity contribution in [1.82, 2.24) is 10.2 Å². The molecule has 1 N–H and O–H groups in total. The number of hydrogen-bond donors (Lipinski definition) is 1. The number of para-hydroxylation sites is 2. The highest BCUT2D eigenvalue weighted by atomic mass is 19.1. The number of benzene rings is 3. The summed E-state index contributed by atoms with van der Waals surface area (Å²) in [5, 5.41) is 3.01. The van der Waals surface area contributed by atoms with Crippen molar-refractivity contribution in [3.05, 3.63) is 101 Å². The van der Waals surface area contributed by atoms with Gasteiger partial charge in [0.15, 0.2) is 11.5 Å². The summed E-state index contributed by atoms with van der Waals surface area (Å²) >= 11 is 0. The van der Waals surface area contributed by atoms with Gasteiger partial charge in [-0.15, -0.1) is 0 Å². The lowest BCUT2D eigenvalue weighted by atomic mass is 10.1. The smallest absolute Gasteiger partial charge is 0.294 e. The number of ether oxygens (including phenoxy) is 1. The molecule has 5 rings (SSSR count). The molecule has 38 heavy (non-hydrogen) atoms. The molecule has 7 heteroatoms. The lowest BCUT2D eigenvalue weighted by Crippen LogP contribution is -2.37. The molecule has 0 radical (unpaired) electrons. The van der Waals surface area contributed by atoms with Crippen LogP contribution in [-0.2, 0) is 11.3 Å². The molecular formula is C31H32FN3O3. The van der Waals surface area contributed by atoms with Crippen LogP contribution in [0.3, 0.4) is 0 Å². The van der Waals surface area contributed by atoms with Gasteiger partial charge in [-0.3, -0.25) is 14.5 Å². The second kappa shape index (κ2) is 12.0. The van der Waals surface area contributed by atoms with Crippen molar-refractivity contribution in [2.45, 2.75) is 32.2 Å². The average Bonchev–Trinajstić information content (AvgIpc) is 3.21. The van der Waals surface area contributed by atoms with E-state index in [1.165, 1.54) is 36.6 Å². The summed E-state index contributed by atoms with van der Waals surface area (Å²) in [5.41, 5.74) is 2.29. The Balaban J connectivity index is 1.27. The third-order valence-corrected chi connectivity index (χ3v) is 7.00. The number of anilines is 1. The number of amides is 2. The monoisotopic (exact) mass is 513 g/mol. The molecule has 1 fully saturated rings. The number of rotatable bonds is 7. The maximum atomic E-state index is 14.4. The summed E-state index contributed by atoms with van der Waals surface area (Å²) in [6, 6.07) is 20.7. The predicted octanol–water partition coefficient (Wildman–Crippen LogP) is 5.40. The van der Waals surface area contributed by atoms with E-state index in [1.807, 2.05) is 12.1 Å². The summed E-state index contributed by atoms with van der Waals surface area (Å²) in [6.07, 6.45) is 6.68. The van der Waals surface area contributed by atoms with Gasteiger partial charge < -0.3 is 15.0 Å². The van der Waals surface area contributed by atoms with Gasteiger partial charge in [-0.2, -0.15) is 0 Å². The van der Waals surface area contributed by atoms with Crippen LogP contribution in [0.1, 0.15) is 47.2 Å². The fourth-order valence-corrected chi connectivity index (χ4v) is 4.89. The Hall–Kier alpha value is -3.97. The van der Waals surface area contributed by atoms with Crippen molar-refractivity contribution in [3.63, 3.8) is 0 Å². The van der Waals surface area contributed by atoms with E-state index < -0.39 is 0 Å². The van der Waals surface area contributed by atoms with Crippen molar-refractivity contribution in [3.8, 4) is 5.75 Å². The molecule has 3 aromatic carbocycles. The van der Waals surface area contributed by atoms with E-state index in [2.05, 4.69) is 10.2 Å². The standard InChI is InChI=1S/C31H32FN3O3/c32-26-10-4-3-9-25(26)22-35-27-11-5-6-12-28(27)38-29(31(35)37)21-23-13-15-24(16-14-23)30(36)33-17-20-34-18-7-1-2-8-19-34/h3-6,9-16,21H,1-2,7-8,17-20,22H2,(H,33,36)/b29-21-. The van der Waals surface area contributed by atoms with Crippen molar-refractivity contribution in [2.24, 2.45) is 0 Å². The molecule has 0 aromatic heterocycles. The van der Waals surface area contributed by atoms with Crippen LogP contribution in [0.25, 0.3) is 6.08 Å². The molecule has 2 amide bonds. The number of nitrogens with one attached hydrogen (secondary N) is 1. The van der Waals surface area contributed by atoms with Gasteiger partial charge in [-0.25, -0.2) is 4.39 Å². The van der Waals surface area contributed by atoms with E-state index in [4.69, 9.17) is 4.74 Å². The molecule has 1 saturated heterocycles. The molecule has 0 saturated carbocycles. The number of carbonyl (C=O) groups is 2. The fraction of sp³-hybridized carbons (Fsp3) is 0.290. The van der Waals surface area contributed by atoms with Crippen molar-refractivity contribution < 1.29 is 18.7 Å². The van der Waals surface area contributed by atoms with E-state index >= 15 is 0 Å².